The molecule has 0 heterocycles. The van der Waals surface area contributed by atoms with E-state index in [1.807, 2.05) is 12.1 Å². The summed E-state index contributed by atoms with van der Waals surface area (Å²) >= 11 is 0. The molecule has 0 aromatic heterocycles. The Bertz CT molecular complexity index is 311. The first-order chi connectivity index (χ1) is 7.18. The van der Waals surface area contributed by atoms with Crippen LogP contribution in [0.1, 0.15) is 20.3 Å². The molecule has 0 atom stereocenters. The maximum Gasteiger partial charge on any atom is 0.240 e. The van der Waals surface area contributed by atoms with Gasteiger partial charge in [0.05, 0.1) is 7.98 Å². The number of hydrogen-bond acceptors (Lipinski definition) is 2. The Hall–Kier alpha value is -1.35. The molecule has 0 radical (unpaired) electrons. The number of rotatable bonds is 5. The van der Waals surface area contributed by atoms with Gasteiger partial charge in [0, 0.05) is 6.92 Å². The van der Waals surface area contributed by atoms with Crippen LogP contribution in [-0.2, 0) is 16.1 Å². The van der Waals surface area contributed by atoms with Crippen molar-refractivity contribution in [1.82, 2.24) is 5.48 Å². The third kappa shape index (κ3) is 4.62. The zero-order valence-corrected chi connectivity index (χ0v) is 8.25. The molecule has 1 amide bonds. The van der Waals surface area contributed by atoms with Gasteiger partial charge in [0.15, 0.2) is 0 Å². The summed E-state index contributed by atoms with van der Waals surface area (Å²) in [6, 6.07) is 7.92. The summed E-state index contributed by atoms with van der Waals surface area (Å²) in [7, 11) is 0. The van der Waals surface area contributed by atoms with E-state index in [4.69, 9.17) is 6.21 Å². The molecule has 0 aliphatic carbocycles. The van der Waals surface area contributed by atoms with Crippen molar-refractivity contribution in [2.45, 2.75) is 19.8 Å². The summed E-state index contributed by atoms with van der Waals surface area (Å²) < 4.78 is 7.31. The lowest BCUT2D eigenvalue weighted by atomic mass is 10.1. The topological polar surface area (TPSA) is 38.3 Å². The second kappa shape index (κ2) is 6.16. The number of carbonyl (C=O) groups is 1. The Labute approximate surface area is 85.4 Å². The third-order valence-corrected chi connectivity index (χ3v) is 1.72. The highest BCUT2D eigenvalue weighted by Gasteiger charge is 1.93. The van der Waals surface area contributed by atoms with E-state index in [1.54, 1.807) is 12.1 Å². The number of nitrogens with one attached hydrogen (secondary N) is 1. The summed E-state index contributed by atoms with van der Waals surface area (Å²) in [5.41, 5.74) is 3.45. The van der Waals surface area contributed by atoms with Gasteiger partial charge in [-0.1, -0.05) is 30.3 Å². The highest BCUT2D eigenvalue weighted by molar-refractivity contribution is 5.71. The Balaban J connectivity index is 2.15. The molecule has 0 aliphatic heterocycles. The van der Waals surface area contributed by atoms with Gasteiger partial charge in [-0.2, -0.15) is 0 Å². The van der Waals surface area contributed by atoms with Crippen LogP contribution in [0.3, 0.4) is 0 Å². The molecule has 1 aromatic carbocycles. The molecule has 3 nitrogen and oxygen atoms in total. The molecule has 0 spiro atoms. The van der Waals surface area contributed by atoms with E-state index in [9.17, 15) is 4.79 Å². The molecule has 0 saturated carbocycles. The van der Waals surface area contributed by atoms with Gasteiger partial charge in [-0.05, 0) is 18.4 Å². The lowest BCUT2D eigenvalue weighted by molar-refractivity contribution is -0.131. The predicted molar refractivity (Wildman–Crippen MR) is 54.5 cm³/mol. The molecule has 14 heavy (non-hydrogen) atoms. The number of carbonyl (C=O) groups excluding carboxylic acids is 1. The standard InChI is InChI=1S/C11H15NO2/c1-10(13)12-14-9-5-8-11-6-3-2-4-7-11/h2-4,6-7H,5,8-9H2,1H3,(H,12,13)/i2D. The normalized spacial score (nSPS) is 10.8. The average molecular weight is 194 g/mol. The Morgan fingerprint density at radius 3 is 2.93 bits per heavy atom. The van der Waals surface area contributed by atoms with Crippen molar-refractivity contribution >= 4 is 5.91 Å². The van der Waals surface area contributed by atoms with Gasteiger partial charge < -0.3 is 0 Å². The summed E-state index contributed by atoms with van der Waals surface area (Å²) in [6.07, 6.45) is 1.73. The number of amides is 1. The van der Waals surface area contributed by atoms with Gasteiger partial charge in [-0.15, -0.1) is 0 Å². The highest BCUT2D eigenvalue weighted by atomic mass is 16.6. The van der Waals surface area contributed by atoms with Crippen molar-refractivity contribution in [3.63, 3.8) is 0 Å². The quantitative estimate of drug-likeness (QED) is 0.572. The summed E-state index contributed by atoms with van der Waals surface area (Å²) in [6.45, 7) is 1.91. The third-order valence-electron chi connectivity index (χ3n) is 1.72. The smallest absolute Gasteiger partial charge is 0.240 e. The average Bonchev–Trinajstić information content (AvgIpc) is 2.20. The maximum atomic E-state index is 10.5. The van der Waals surface area contributed by atoms with Crippen LogP contribution in [0.15, 0.2) is 30.3 Å². The molecule has 76 valence electrons. The maximum absolute atomic E-state index is 10.5. The van der Waals surface area contributed by atoms with Crippen LogP contribution in [0.4, 0.5) is 0 Å². The molecular weight excluding hydrogens is 178 g/mol. The molecule has 1 rings (SSSR count). The highest BCUT2D eigenvalue weighted by Crippen LogP contribution is 2.01. The molecule has 0 saturated heterocycles. The molecular formula is C11H15NO2. The molecule has 0 unspecified atom stereocenters. The Morgan fingerprint density at radius 2 is 2.29 bits per heavy atom. The van der Waals surface area contributed by atoms with E-state index in [0.29, 0.717) is 12.6 Å². The largest absolute Gasteiger partial charge is 0.274 e. The second-order valence-corrected chi connectivity index (χ2v) is 3.02. The molecule has 0 bridgehead atoms. The number of benzene rings is 1. The minimum atomic E-state index is -0.187. The van der Waals surface area contributed by atoms with E-state index < -0.39 is 0 Å². The number of hydroxylamine groups is 1. The molecule has 1 aromatic rings. The van der Waals surface area contributed by atoms with E-state index in [-0.39, 0.29) is 5.91 Å². The van der Waals surface area contributed by atoms with Gasteiger partial charge in [0.25, 0.3) is 0 Å². The lowest BCUT2D eigenvalue weighted by Crippen LogP contribution is -2.20. The summed E-state index contributed by atoms with van der Waals surface area (Å²) in [5.74, 6) is -0.187. The fraction of sp³-hybridized carbons (Fsp3) is 0.364. The molecule has 3 heteroatoms. The zero-order chi connectivity index (χ0) is 11.1. The van der Waals surface area contributed by atoms with E-state index in [2.05, 4.69) is 5.48 Å². The van der Waals surface area contributed by atoms with Crippen LogP contribution in [0.5, 0.6) is 0 Å². The van der Waals surface area contributed by atoms with E-state index in [0.717, 1.165) is 12.8 Å². The Kier molecular flexibility index (Phi) is 4.05. The van der Waals surface area contributed by atoms with Crippen molar-refractivity contribution in [2.75, 3.05) is 6.61 Å². The predicted octanol–water partition coefficient (Wildman–Crippen LogP) is 1.69. The van der Waals surface area contributed by atoms with Crippen LogP contribution >= 0.6 is 0 Å². The van der Waals surface area contributed by atoms with E-state index >= 15 is 0 Å². The first kappa shape index (κ1) is 9.21. The van der Waals surface area contributed by atoms with Crippen molar-refractivity contribution in [3.05, 3.63) is 35.9 Å². The number of hydrogen-bond donors (Lipinski definition) is 1. The van der Waals surface area contributed by atoms with Crippen LogP contribution in [0.2, 0.25) is 0 Å². The SMILES string of the molecule is [2H]c1ccc(CCCONC(C)=O)cc1. The van der Waals surface area contributed by atoms with E-state index in [1.165, 1.54) is 12.5 Å². The first-order valence-corrected chi connectivity index (χ1v) is 4.62. The van der Waals surface area contributed by atoms with Crippen LogP contribution < -0.4 is 5.48 Å². The van der Waals surface area contributed by atoms with Gasteiger partial charge in [-0.3, -0.25) is 9.63 Å². The van der Waals surface area contributed by atoms with Crippen LogP contribution in [0.25, 0.3) is 0 Å². The fourth-order valence-electron chi connectivity index (χ4n) is 1.09. The fourth-order valence-corrected chi connectivity index (χ4v) is 1.09. The molecule has 0 fully saturated rings. The minimum Gasteiger partial charge on any atom is -0.274 e. The van der Waals surface area contributed by atoms with Gasteiger partial charge >= 0.3 is 0 Å². The van der Waals surface area contributed by atoms with Gasteiger partial charge in [0.1, 0.15) is 0 Å². The molecule has 0 aliphatic rings. The van der Waals surface area contributed by atoms with Crippen LogP contribution in [-0.4, -0.2) is 12.5 Å². The second-order valence-electron chi connectivity index (χ2n) is 3.02. The molecule has 1 N–H and O–H groups in total. The van der Waals surface area contributed by atoms with Crippen LogP contribution in [0, 0.1) is 0 Å². The van der Waals surface area contributed by atoms with Gasteiger partial charge in [-0.25, -0.2) is 5.48 Å². The zero-order valence-electron chi connectivity index (χ0n) is 9.25. The number of aryl methyl sites for hydroxylation is 1. The lowest BCUT2D eigenvalue weighted by Gasteiger charge is -2.03. The summed E-state index contributed by atoms with van der Waals surface area (Å²) in [5, 5.41) is 0. The first-order valence-electron chi connectivity index (χ1n) is 5.12. The summed E-state index contributed by atoms with van der Waals surface area (Å²) in [4.78, 5) is 15.4. The van der Waals surface area contributed by atoms with Crippen molar-refractivity contribution in [3.8, 4) is 0 Å². The monoisotopic (exact) mass is 194 g/mol. The minimum absolute atomic E-state index is 0.187. The van der Waals surface area contributed by atoms with Crippen molar-refractivity contribution in [1.29, 1.82) is 0 Å². The van der Waals surface area contributed by atoms with Gasteiger partial charge in [0.2, 0.25) is 5.91 Å². The van der Waals surface area contributed by atoms with Crippen molar-refractivity contribution in [2.24, 2.45) is 0 Å². The Morgan fingerprint density at radius 1 is 1.57 bits per heavy atom. The van der Waals surface area contributed by atoms with Crippen molar-refractivity contribution < 1.29 is 11.0 Å².